The molecule has 2 aromatic rings. The first-order chi connectivity index (χ1) is 15.5. The Labute approximate surface area is 187 Å². The Morgan fingerprint density at radius 1 is 1.00 bits per heavy atom. The van der Waals surface area contributed by atoms with Crippen LogP contribution in [0.1, 0.15) is 67.4 Å². The minimum Gasteiger partial charge on any atom is -0.493 e. The Balaban J connectivity index is 1.41. The zero-order valence-electron chi connectivity index (χ0n) is 18.4. The van der Waals surface area contributed by atoms with Crippen LogP contribution in [0.3, 0.4) is 0 Å². The number of methoxy groups -OCH3 is 1. The van der Waals surface area contributed by atoms with E-state index in [1.807, 2.05) is 25.1 Å². The zero-order valence-corrected chi connectivity index (χ0v) is 18.4. The van der Waals surface area contributed by atoms with Gasteiger partial charge in [0.2, 0.25) is 11.8 Å². The SMILES string of the molecule is COc1cc(C(C)NC(=O)c2ccc(N3C(=O)CCC3=O)cc2)ccc1OC1CCCC1. The van der Waals surface area contributed by atoms with E-state index in [1.165, 1.54) is 17.7 Å². The van der Waals surface area contributed by atoms with Gasteiger partial charge in [-0.3, -0.25) is 19.3 Å². The molecule has 7 nitrogen and oxygen atoms in total. The van der Waals surface area contributed by atoms with Crippen LogP contribution in [-0.4, -0.2) is 30.9 Å². The third kappa shape index (κ3) is 4.61. The minimum atomic E-state index is -0.252. The maximum atomic E-state index is 12.7. The van der Waals surface area contributed by atoms with E-state index in [4.69, 9.17) is 9.47 Å². The van der Waals surface area contributed by atoms with Gasteiger partial charge in [-0.2, -0.15) is 0 Å². The molecule has 1 atom stereocenters. The van der Waals surface area contributed by atoms with Crippen molar-refractivity contribution in [2.45, 2.75) is 57.6 Å². The van der Waals surface area contributed by atoms with Crippen LogP contribution in [0, 0.1) is 0 Å². The van der Waals surface area contributed by atoms with E-state index in [-0.39, 0.29) is 42.7 Å². The van der Waals surface area contributed by atoms with Crippen molar-refractivity contribution in [3.63, 3.8) is 0 Å². The number of nitrogens with one attached hydrogen (secondary N) is 1. The lowest BCUT2D eigenvalue weighted by atomic mass is 10.1. The molecule has 2 fully saturated rings. The Kier molecular flexibility index (Phi) is 6.44. The van der Waals surface area contributed by atoms with Crippen LogP contribution in [-0.2, 0) is 9.59 Å². The number of benzene rings is 2. The molecule has 1 saturated heterocycles. The van der Waals surface area contributed by atoms with E-state index in [9.17, 15) is 14.4 Å². The van der Waals surface area contributed by atoms with Crippen molar-refractivity contribution in [1.82, 2.24) is 5.32 Å². The van der Waals surface area contributed by atoms with Gasteiger partial charge in [0, 0.05) is 18.4 Å². The third-order valence-corrected chi connectivity index (χ3v) is 6.07. The first-order valence-corrected chi connectivity index (χ1v) is 11.1. The van der Waals surface area contributed by atoms with Crippen molar-refractivity contribution >= 4 is 23.4 Å². The lowest BCUT2D eigenvalue weighted by Gasteiger charge is -2.19. The average molecular weight is 437 g/mol. The molecule has 168 valence electrons. The van der Waals surface area contributed by atoms with E-state index >= 15 is 0 Å². The molecule has 1 saturated carbocycles. The smallest absolute Gasteiger partial charge is 0.251 e. The van der Waals surface area contributed by atoms with Gasteiger partial charge in [0.25, 0.3) is 5.91 Å². The maximum absolute atomic E-state index is 12.7. The van der Waals surface area contributed by atoms with Crippen LogP contribution in [0.15, 0.2) is 42.5 Å². The van der Waals surface area contributed by atoms with Gasteiger partial charge in [-0.15, -0.1) is 0 Å². The van der Waals surface area contributed by atoms with E-state index in [1.54, 1.807) is 31.4 Å². The summed E-state index contributed by atoms with van der Waals surface area (Å²) in [6.45, 7) is 1.90. The Morgan fingerprint density at radius 2 is 1.66 bits per heavy atom. The average Bonchev–Trinajstić information content (AvgIpc) is 3.43. The van der Waals surface area contributed by atoms with Gasteiger partial charge in [-0.25, -0.2) is 0 Å². The molecule has 1 N–H and O–H groups in total. The van der Waals surface area contributed by atoms with Gasteiger partial charge < -0.3 is 14.8 Å². The lowest BCUT2D eigenvalue weighted by molar-refractivity contribution is -0.121. The number of rotatable bonds is 7. The summed E-state index contributed by atoms with van der Waals surface area (Å²) >= 11 is 0. The second-order valence-electron chi connectivity index (χ2n) is 8.30. The predicted molar refractivity (Wildman–Crippen MR) is 120 cm³/mol. The fraction of sp³-hybridized carbons (Fsp3) is 0.400. The molecular weight excluding hydrogens is 408 g/mol. The molecule has 32 heavy (non-hydrogen) atoms. The molecule has 1 aliphatic carbocycles. The van der Waals surface area contributed by atoms with Crippen molar-refractivity contribution in [2.24, 2.45) is 0 Å². The van der Waals surface area contributed by atoms with Crippen molar-refractivity contribution in [1.29, 1.82) is 0 Å². The normalized spacial score (nSPS) is 17.5. The molecule has 0 bridgehead atoms. The van der Waals surface area contributed by atoms with Crippen molar-refractivity contribution in [3.05, 3.63) is 53.6 Å². The molecule has 4 rings (SSSR count). The first-order valence-electron chi connectivity index (χ1n) is 11.1. The molecule has 1 unspecified atom stereocenters. The number of ether oxygens (including phenoxy) is 2. The van der Waals surface area contributed by atoms with E-state index < -0.39 is 0 Å². The quantitative estimate of drug-likeness (QED) is 0.659. The zero-order chi connectivity index (χ0) is 22.7. The Bertz CT molecular complexity index is 995. The molecule has 1 heterocycles. The summed E-state index contributed by atoms with van der Waals surface area (Å²) in [5, 5.41) is 2.98. The highest BCUT2D eigenvalue weighted by Crippen LogP contribution is 2.34. The maximum Gasteiger partial charge on any atom is 0.251 e. The lowest BCUT2D eigenvalue weighted by Crippen LogP contribution is -2.29. The first kappa shape index (κ1) is 21.9. The number of hydrogen-bond acceptors (Lipinski definition) is 5. The highest BCUT2D eigenvalue weighted by atomic mass is 16.5. The van der Waals surface area contributed by atoms with Gasteiger partial charge in [0.15, 0.2) is 11.5 Å². The highest BCUT2D eigenvalue weighted by molar-refractivity contribution is 6.19. The van der Waals surface area contributed by atoms with Crippen LogP contribution >= 0.6 is 0 Å². The molecule has 7 heteroatoms. The van der Waals surface area contributed by atoms with Crippen molar-refractivity contribution in [2.75, 3.05) is 12.0 Å². The molecule has 3 amide bonds. The van der Waals surface area contributed by atoms with Crippen molar-refractivity contribution < 1.29 is 23.9 Å². The molecule has 2 aliphatic rings. The minimum absolute atomic E-state index is 0.213. The third-order valence-electron chi connectivity index (χ3n) is 6.07. The van der Waals surface area contributed by atoms with Crippen LogP contribution < -0.4 is 19.7 Å². The summed E-state index contributed by atoms with van der Waals surface area (Å²) < 4.78 is 11.6. The Morgan fingerprint density at radius 3 is 2.28 bits per heavy atom. The molecule has 0 aromatic heterocycles. The number of imide groups is 1. The van der Waals surface area contributed by atoms with Crippen molar-refractivity contribution in [3.8, 4) is 11.5 Å². The van der Waals surface area contributed by atoms with E-state index in [2.05, 4.69) is 5.32 Å². The number of amides is 3. The number of carbonyl (C=O) groups is 3. The second kappa shape index (κ2) is 9.42. The summed E-state index contributed by atoms with van der Waals surface area (Å²) in [6.07, 6.45) is 5.21. The Hall–Kier alpha value is -3.35. The summed E-state index contributed by atoms with van der Waals surface area (Å²) in [6, 6.07) is 12.0. The van der Waals surface area contributed by atoms with Crippen LogP contribution in [0.4, 0.5) is 5.69 Å². The van der Waals surface area contributed by atoms with Crippen LogP contribution in [0.5, 0.6) is 11.5 Å². The number of hydrogen-bond donors (Lipinski definition) is 1. The van der Waals surface area contributed by atoms with Crippen LogP contribution in [0.25, 0.3) is 0 Å². The van der Waals surface area contributed by atoms with E-state index in [0.29, 0.717) is 17.0 Å². The molecular formula is C25H28N2O5. The summed E-state index contributed by atoms with van der Waals surface area (Å²) in [5.74, 6) is 0.710. The summed E-state index contributed by atoms with van der Waals surface area (Å²) in [4.78, 5) is 37.7. The van der Waals surface area contributed by atoms with Gasteiger partial charge >= 0.3 is 0 Å². The van der Waals surface area contributed by atoms with Gasteiger partial charge in [0.1, 0.15) is 0 Å². The molecule has 0 spiro atoms. The van der Waals surface area contributed by atoms with Gasteiger partial charge in [0.05, 0.1) is 24.9 Å². The standard InChI is InChI=1S/C25H28N2O5/c1-16(18-9-12-21(22(15-18)31-2)32-20-5-3-4-6-20)26-25(30)17-7-10-19(11-8-17)27-23(28)13-14-24(27)29/h7-12,15-16,20H,3-6,13-14H2,1-2H3,(H,26,30). The number of carbonyl (C=O) groups excluding carboxylic acids is 3. The number of nitrogens with zero attached hydrogens (tertiary/aromatic N) is 1. The summed E-state index contributed by atoms with van der Waals surface area (Å²) in [5.41, 5.74) is 1.84. The molecule has 1 aliphatic heterocycles. The predicted octanol–water partition coefficient (Wildman–Crippen LogP) is 4.16. The van der Waals surface area contributed by atoms with E-state index in [0.717, 1.165) is 24.2 Å². The monoisotopic (exact) mass is 436 g/mol. The fourth-order valence-corrected chi connectivity index (χ4v) is 4.23. The molecule has 0 radical (unpaired) electrons. The number of anilines is 1. The topological polar surface area (TPSA) is 84.9 Å². The summed E-state index contributed by atoms with van der Waals surface area (Å²) in [7, 11) is 1.61. The molecule has 2 aromatic carbocycles. The van der Waals surface area contributed by atoms with Gasteiger partial charge in [-0.1, -0.05) is 6.07 Å². The van der Waals surface area contributed by atoms with Gasteiger partial charge in [-0.05, 0) is 74.6 Å². The van der Waals surface area contributed by atoms with Crippen LogP contribution in [0.2, 0.25) is 0 Å². The second-order valence-corrected chi connectivity index (χ2v) is 8.30. The fourth-order valence-electron chi connectivity index (χ4n) is 4.23. The highest BCUT2D eigenvalue weighted by Gasteiger charge is 2.30. The largest absolute Gasteiger partial charge is 0.493 e.